The first kappa shape index (κ1) is 11.7. The predicted molar refractivity (Wildman–Crippen MR) is 68.4 cm³/mol. The van der Waals surface area contributed by atoms with Crippen molar-refractivity contribution in [3.63, 3.8) is 0 Å². The maximum atomic E-state index is 4.25. The van der Waals surface area contributed by atoms with Crippen LogP contribution in [0, 0.1) is 0 Å². The van der Waals surface area contributed by atoms with E-state index in [2.05, 4.69) is 22.4 Å². The van der Waals surface area contributed by atoms with Gasteiger partial charge in [-0.2, -0.15) is 0 Å². The molecule has 1 N–H and O–H groups in total. The lowest BCUT2D eigenvalue weighted by molar-refractivity contribution is 1.41. The Morgan fingerprint density at radius 3 is 2.67 bits per heavy atom. The summed E-state index contributed by atoms with van der Waals surface area (Å²) in [7, 11) is 1.92. The smallest absolute Gasteiger partial charge is 0.123 e. The molecular formula is C12H16N2S. The number of nitrogens with one attached hydrogen (secondary N) is 1. The van der Waals surface area contributed by atoms with Crippen molar-refractivity contribution >= 4 is 17.0 Å². The molecule has 0 bridgehead atoms. The van der Waals surface area contributed by atoms with Crippen LogP contribution < -0.4 is 5.32 Å². The molecule has 0 saturated heterocycles. The summed E-state index contributed by atoms with van der Waals surface area (Å²) in [6.07, 6.45) is 1.83. The van der Waals surface area contributed by atoms with Crippen LogP contribution in [0.3, 0.4) is 0 Å². The maximum Gasteiger partial charge on any atom is 0.123 e. The molecule has 1 heterocycles. The third-order valence-corrected chi connectivity index (χ3v) is 2.65. The van der Waals surface area contributed by atoms with Gasteiger partial charge in [0, 0.05) is 29.9 Å². The van der Waals surface area contributed by atoms with Gasteiger partial charge in [-0.15, -0.1) is 11.3 Å². The molecule has 2 rings (SSSR count). The number of rotatable bonds is 2. The Kier molecular flexibility index (Phi) is 4.84. The number of thiazole rings is 1. The Bertz CT molecular complexity index is 382. The largest absolute Gasteiger partial charge is 0.388 e. The Labute approximate surface area is 95.0 Å². The molecule has 0 aliphatic carbocycles. The summed E-state index contributed by atoms with van der Waals surface area (Å²) < 4.78 is 0. The van der Waals surface area contributed by atoms with E-state index in [1.807, 2.05) is 44.6 Å². The van der Waals surface area contributed by atoms with Gasteiger partial charge in [-0.05, 0) is 12.1 Å². The first-order valence-corrected chi connectivity index (χ1v) is 5.96. The lowest BCUT2D eigenvalue weighted by atomic mass is 10.2. The zero-order valence-electron chi connectivity index (χ0n) is 9.32. The molecule has 3 heteroatoms. The highest BCUT2D eigenvalue weighted by Crippen LogP contribution is 2.23. The second-order valence-electron chi connectivity index (χ2n) is 2.67. The van der Waals surface area contributed by atoms with Gasteiger partial charge in [0.15, 0.2) is 0 Å². The summed E-state index contributed by atoms with van der Waals surface area (Å²) in [5, 5.41) is 6.16. The van der Waals surface area contributed by atoms with Crippen molar-refractivity contribution < 1.29 is 0 Å². The molecule has 0 unspecified atom stereocenters. The average Bonchev–Trinajstić information content (AvgIpc) is 2.85. The van der Waals surface area contributed by atoms with Gasteiger partial charge in [0.05, 0.1) is 0 Å². The number of anilines is 1. The fourth-order valence-electron chi connectivity index (χ4n) is 1.17. The average molecular weight is 220 g/mol. The minimum Gasteiger partial charge on any atom is -0.388 e. The number of benzene rings is 1. The molecule has 0 atom stereocenters. The van der Waals surface area contributed by atoms with Gasteiger partial charge < -0.3 is 5.32 Å². The quantitative estimate of drug-likeness (QED) is 0.830. The van der Waals surface area contributed by atoms with Gasteiger partial charge >= 0.3 is 0 Å². The van der Waals surface area contributed by atoms with Crippen molar-refractivity contribution in [3.8, 4) is 10.6 Å². The second kappa shape index (κ2) is 6.19. The zero-order valence-corrected chi connectivity index (χ0v) is 10.1. The topological polar surface area (TPSA) is 24.9 Å². The van der Waals surface area contributed by atoms with Gasteiger partial charge in [-0.1, -0.05) is 26.0 Å². The first-order chi connectivity index (χ1) is 7.40. The molecule has 2 nitrogen and oxygen atoms in total. The van der Waals surface area contributed by atoms with Gasteiger partial charge in [-0.25, -0.2) is 4.98 Å². The zero-order chi connectivity index (χ0) is 11.1. The summed E-state index contributed by atoms with van der Waals surface area (Å²) in [4.78, 5) is 4.25. The van der Waals surface area contributed by atoms with Crippen molar-refractivity contribution in [1.29, 1.82) is 0 Å². The molecule has 0 aliphatic rings. The molecule has 15 heavy (non-hydrogen) atoms. The van der Waals surface area contributed by atoms with Crippen molar-refractivity contribution in [2.45, 2.75) is 13.8 Å². The molecule has 80 valence electrons. The van der Waals surface area contributed by atoms with E-state index in [-0.39, 0.29) is 0 Å². The molecule has 1 aromatic heterocycles. The van der Waals surface area contributed by atoms with Crippen LogP contribution in [0.4, 0.5) is 5.69 Å². The monoisotopic (exact) mass is 220 g/mol. The molecule has 1 aromatic carbocycles. The van der Waals surface area contributed by atoms with Crippen LogP contribution in [-0.2, 0) is 0 Å². The molecule has 0 fully saturated rings. The number of nitrogens with zero attached hydrogens (tertiary/aromatic N) is 1. The van der Waals surface area contributed by atoms with E-state index in [1.165, 1.54) is 5.56 Å². The van der Waals surface area contributed by atoms with Gasteiger partial charge in [0.2, 0.25) is 0 Å². The summed E-state index contributed by atoms with van der Waals surface area (Å²) in [6.45, 7) is 4.00. The van der Waals surface area contributed by atoms with Crippen molar-refractivity contribution in [2.75, 3.05) is 12.4 Å². The van der Waals surface area contributed by atoms with E-state index in [1.54, 1.807) is 11.3 Å². The standard InChI is InChI=1S/C10H10N2S.C2H6/c1-11-9-4-2-3-8(7-9)10-12-5-6-13-10;1-2/h2-7,11H,1H3;1-2H3. The fraction of sp³-hybridized carbons (Fsp3) is 0.250. The van der Waals surface area contributed by atoms with Crippen molar-refractivity contribution in [3.05, 3.63) is 35.8 Å². The third-order valence-electron chi connectivity index (χ3n) is 1.83. The molecular weight excluding hydrogens is 204 g/mol. The molecule has 0 aliphatic heterocycles. The van der Waals surface area contributed by atoms with Crippen LogP contribution in [0.1, 0.15) is 13.8 Å². The van der Waals surface area contributed by atoms with E-state index in [0.717, 1.165) is 10.7 Å². The van der Waals surface area contributed by atoms with E-state index >= 15 is 0 Å². The highest BCUT2D eigenvalue weighted by molar-refractivity contribution is 7.13. The molecule has 0 spiro atoms. The first-order valence-electron chi connectivity index (χ1n) is 5.08. The van der Waals surface area contributed by atoms with E-state index in [4.69, 9.17) is 0 Å². The molecule has 0 radical (unpaired) electrons. The fourth-order valence-corrected chi connectivity index (χ4v) is 1.81. The highest BCUT2D eigenvalue weighted by Gasteiger charge is 1.99. The Morgan fingerprint density at radius 2 is 2.07 bits per heavy atom. The number of aromatic nitrogens is 1. The summed E-state index contributed by atoms with van der Waals surface area (Å²) in [5.41, 5.74) is 2.29. The molecule has 0 amide bonds. The van der Waals surface area contributed by atoms with Crippen LogP contribution in [0.5, 0.6) is 0 Å². The number of hydrogen-bond acceptors (Lipinski definition) is 3. The van der Waals surface area contributed by atoms with Crippen LogP contribution in [-0.4, -0.2) is 12.0 Å². The Morgan fingerprint density at radius 1 is 1.27 bits per heavy atom. The van der Waals surface area contributed by atoms with Crippen LogP contribution in [0.15, 0.2) is 35.8 Å². The molecule has 2 aromatic rings. The number of hydrogen-bond donors (Lipinski definition) is 1. The highest BCUT2D eigenvalue weighted by atomic mass is 32.1. The van der Waals surface area contributed by atoms with Gasteiger partial charge in [-0.3, -0.25) is 0 Å². The minimum absolute atomic E-state index is 1.07. The Hall–Kier alpha value is -1.35. The van der Waals surface area contributed by atoms with Gasteiger partial charge in [0.1, 0.15) is 5.01 Å². The van der Waals surface area contributed by atoms with Gasteiger partial charge in [0.25, 0.3) is 0 Å². The SMILES string of the molecule is CC.CNc1cccc(-c2nccs2)c1. The van der Waals surface area contributed by atoms with E-state index in [0.29, 0.717) is 0 Å². The van der Waals surface area contributed by atoms with Crippen molar-refractivity contribution in [2.24, 2.45) is 0 Å². The normalized spacial score (nSPS) is 9.00. The van der Waals surface area contributed by atoms with E-state index < -0.39 is 0 Å². The summed E-state index contributed by atoms with van der Waals surface area (Å²) in [5.74, 6) is 0. The lowest BCUT2D eigenvalue weighted by Crippen LogP contribution is -1.87. The van der Waals surface area contributed by atoms with E-state index in [9.17, 15) is 0 Å². The summed E-state index contributed by atoms with van der Waals surface area (Å²) >= 11 is 1.66. The molecule has 0 saturated carbocycles. The Balaban J connectivity index is 0.000000531. The second-order valence-corrected chi connectivity index (χ2v) is 3.56. The lowest BCUT2D eigenvalue weighted by Gasteiger charge is -2.01. The third kappa shape index (κ3) is 3.06. The van der Waals surface area contributed by atoms with Crippen LogP contribution in [0.25, 0.3) is 10.6 Å². The van der Waals surface area contributed by atoms with Crippen LogP contribution in [0.2, 0.25) is 0 Å². The predicted octanol–water partition coefficient (Wildman–Crippen LogP) is 3.88. The minimum atomic E-state index is 1.07. The summed E-state index contributed by atoms with van der Waals surface area (Å²) in [6, 6.07) is 8.23. The van der Waals surface area contributed by atoms with Crippen LogP contribution >= 0.6 is 11.3 Å². The maximum absolute atomic E-state index is 4.25. The van der Waals surface area contributed by atoms with Crippen molar-refractivity contribution in [1.82, 2.24) is 4.98 Å².